The Morgan fingerprint density at radius 3 is 2.77 bits per heavy atom. The van der Waals surface area contributed by atoms with E-state index in [2.05, 4.69) is 9.97 Å². The van der Waals surface area contributed by atoms with Crippen molar-refractivity contribution in [2.75, 3.05) is 0 Å². The van der Waals surface area contributed by atoms with Gasteiger partial charge >= 0.3 is 0 Å². The quantitative estimate of drug-likeness (QED) is 0.247. The minimum atomic E-state index is -0.370. The highest BCUT2D eigenvalue weighted by atomic mass is 35.5. The molecule has 0 aliphatic rings. The largest absolute Gasteiger partial charge is 0.294 e. The van der Waals surface area contributed by atoms with E-state index < -0.39 is 0 Å². The summed E-state index contributed by atoms with van der Waals surface area (Å²) in [4.78, 5) is 18.2. The molecule has 0 spiro atoms. The van der Waals surface area contributed by atoms with Gasteiger partial charge in [-0.3, -0.25) is 10.2 Å². The molecule has 0 fully saturated rings. The first kappa shape index (κ1) is 10.2. The number of hydrogen-bond acceptors (Lipinski definition) is 4. The molecule has 3 N–H and O–H groups in total. The first-order valence-electron chi connectivity index (χ1n) is 3.30. The van der Waals surface area contributed by atoms with Crippen LogP contribution in [-0.4, -0.2) is 15.9 Å². The average molecular weight is 221 g/mol. The molecule has 0 radical (unpaired) electrons. The molecule has 0 aliphatic carbocycles. The van der Waals surface area contributed by atoms with Crippen molar-refractivity contribution in [1.82, 2.24) is 15.4 Å². The summed E-state index contributed by atoms with van der Waals surface area (Å²) < 4.78 is 0. The van der Waals surface area contributed by atoms with Gasteiger partial charge in [0, 0.05) is 0 Å². The van der Waals surface area contributed by atoms with Crippen LogP contribution in [0.15, 0.2) is 6.07 Å². The summed E-state index contributed by atoms with van der Waals surface area (Å²) in [7, 11) is 0. The van der Waals surface area contributed by atoms with Crippen molar-refractivity contribution in [2.45, 2.75) is 6.42 Å². The number of nitrogens with two attached hydrogens (primary N) is 1. The number of carbonyl (C=O) groups excluding carboxylic acids is 1. The summed E-state index contributed by atoms with van der Waals surface area (Å²) in [5.41, 5.74) is 2.39. The molecular formula is C6H6Cl2N4O. The first-order valence-corrected chi connectivity index (χ1v) is 4.06. The molecule has 7 heteroatoms. The Morgan fingerprint density at radius 2 is 2.23 bits per heavy atom. The predicted molar refractivity (Wildman–Crippen MR) is 48.1 cm³/mol. The Kier molecular flexibility index (Phi) is 3.41. The second kappa shape index (κ2) is 4.36. The monoisotopic (exact) mass is 220 g/mol. The minimum Gasteiger partial charge on any atom is -0.294 e. The molecule has 1 aromatic rings. The van der Waals surface area contributed by atoms with Crippen LogP contribution in [0.5, 0.6) is 0 Å². The number of amides is 1. The van der Waals surface area contributed by atoms with Crippen LogP contribution in [0.2, 0.25) is 10.4 Å². The van der Waals surface area contributed by atoms with Gasteiger partial charge in [-0.1, -0.05) is 11.6 Å². The van der Waals surface area contributed by atoms with Gasteiger partial charge in [0.15, 0.2) is 0 Å². The van der Waals surface area contributed by atoms with Gasteiger partial charge in [-0.15, -0.1) is 0 Å². The van der Waals surface area contributed by atoms with E-state index in [-0.39, 0.29) is 22.8 Å². The van der Waals surface area contributed by atoms with Crippen molar-refractivity contribution in [1.29, 1.82) is 0 Å². The first-order chi connectivity index (χ1) is 6.11. The van der Waals surface area contributed by atoms with Crippen LogP contribution in [0.3, 0.4) is 0 Å². The zero-order chi connectivity index (χ0) is 9.84. The lowest BCUT2D eigenvalue weighted by molar-refractivity contribution is -0.120. The third-order valence-corrected chi connectivity index (χ3v) is 1.59. The number of hydrogen-bond donors (Lipinski definition) is 2. The van der Waals surface area contributed by atoms with Gasteiger partial charge in [0.2, 0.25) is 11.2 Å². The van der Waals surface area contributed by atoms with Gasteiger partial charge in [0.1, 0.15) is 5.15 Å². The molecule has 0 saturated carbocycles. The molecule has 5 nitrogen and oxygen atoms in total. The number of halogens is 2. The fraction of sp³-hybridized carbons (Fsp3) is 0.167. The molecule has 0 saturated heterocycles. The summed E-state index contributed by atoms with van der Waals surface area (Å²) in [5.74, 6) is 4.52. The topological polar surface area (TPSA) is 80.9 Å². The van der Waals surface area contributed by atoms with Gasteiger partial charge < -0.3 is 0 Å². The highest BCUT2D eigenvalue weighted by Gasteiger charge is 2.05. The van der Waals surface area contributed by atoms with E-state index in [9.17, 15) is 4.79 Å². The van der Waals surface area contributed by atoms with E-state index in [0.717, 1.165) is 0 Å². The standard InChI is InChI=1S/C6H6Cl2N4O/c7-4-1-3(2-5(13)12-9)10-6(8)11-4/h1H,2,9H2,(H,12,13). The van der Waals surface area contributed by atoms with Gasteiger partial charge in [-0.25, -0.2) is 15.8 Å². The van der Waals surface area contributed by atoms with Gasteiger partial charge in [-0.05, 0) is 17.7 Å². The van der Waals surface area contributed by atoms with Crippen LogP contribution < -0.4 is 11.3 Å². The molecule has 0 unspecified atom stereocenters. The highest BCUT2D eigenvalue weighted by molar-refractivity contribution is 6.31. The van der Waals surface area contributed by atoms with E-state index in [1.165, 1.54) is 6.07 Å². The summed E-state index contributed by atoms with van der Waals surface area (Å²) in [5, 5.41) is 0.201. The molecule has 0 bridgehead atoms. The second-order valence-corrected chi connectivity index (χ2v) is 2.92. The Morgan fingerprint density at radius 1 is 1.54 bits per heavy atom. The lowest BCUT2D eigenvalue weighted by Crippen LogP contribution is -2.31. The highest BCUT2D eigenvalue weighted by Crippen LogP contribution is 2.10. The third kappa shape index (κ3) is 3.14. The predicted octanol–water partition coefficient (Wildman–Crippen LogP) is 0.316. The molecule has 1 rings (SSSR count). The maximum Gasteiger partial charge on any atom is 0.239 e. The fourth-order valence-electron chi connectivity index (χ4n) is 0.740. The van der Waals surface area contributed by atoms with Crippen molar-refractivity contribution >= 4 is 29.1 Å². The van der Waals surface area contributed by atoms with Crippen LogP contribution in [0.1, 0.15) is 5.69 Å². The van der Waals surface area contributed by atoms with Crippen molar-refractivity contribution in [3.05, 3.63) is 22.2 Å². The zero-order valence-corrected chi connectivity index (χ0v) is 7.93. The fourth-order valence-corrected chi connectivity index (χ4v) is 1.19. The van der Waals surface area contributed by atoms with E-state index in [4.69, 9.17) is 29.0 Å². The Bertz CT molecular complexity index is 310. The Labute approximate surface area is 84.2 Å². The van der Waals surface area contributed by atoms with E-state index in [0.29, 0.717) is 5.69 Å². The normalized spacial score (nSPS) is 9.77. The van der Waals surface area contributed by atoms with Crippen molar-refractivity contribution in [3.8, 4) is 0 Å². The average Bonchev–Trinajstić information content (AvgIpc) is 2.02. The Balaban J connectivity index is 2.83. The molecule has 1 heterocycles. The summed E-state index contributed by atoms with van der Waals surface area (Å²) in [6, 6.07) is 1.45. The number of nitrogens with one attached hydrogen (secondary N) is 1. The molecule has 1 amide bonds. The van der Waals surface area contributed by atoms with E-state index in [1.54, 1.807) is 0 Å². The smallest absolute Gasteiger partial charge is 0.239 e. The SMILES string of the molecule is NNC(=O)Cc1cc(Cl)nc(Cl)n1. The van der Waals surface area contributed by atoms with Crippen LogP contribution in [-0.2, 0) is 11.2 Å². The third-order valence-electron chi connectivity index (χ3n) is 1.22. The van der Waals surface area contributed by atoms with Gasteiger partial charge in [-0.2, -0.15) is 0 Å². The zero-order valence-electron chi connectivity index (χ0n) is 6.42. The molecule has 0 aliphatic heterocycles. The molecule has 1 aromatic heterocycles. The molecule has 70 valence electrons. The van der Waals surface area contributed by atoms with E-state index >= 15 is 0 Å². The second-order valence-electron chi connectivity index (χ2n) is 2.20. The van der Waals surface area contributed by atoms with Crippen LogP contribution >= 0.6 is 23.2 Å². The molecule has 13 heavy (non-hydrogen) atoms. The van der Waals surface area contributed by atoms with Crippen LogP contribution in [0.4, 0.5) is 0 Å². The van der Waals surface area contributed by atoms with Gasteiger partial charge in [0.25, 0.3) is 0 Å². The lowest BCUT2D eigenvalue weighted by atomic mass is 10.3. The van der Waals surface area contributed by atoms with Gasteiger partial charge in [0.05, 0.1) is 12.1 Å². The summed E-state index contributed by atoms with van der Waals surface area (Å²) in [6.07, 6.45) is 0.0262. The number of carbonyl (C=O) groups is 1. The number of aromatic nitrogens is 2. The molecule has 0 atom stereocenters. The lowest BCUT2D eigenvalue weighted by Gasteiger charge is -1.99. The maximum absolute atomic E-state index is 10.8. The van der Waals surface area contributed by atoms with Crippen LogP contribution in [0.25, 0.3) is 0 Å². The van der Waals surface area contributed by atoms with Crippen LogP contribution in [0, 0.1) is 0 Å². The summed E-state index contributed by atoms with van der Waals surface area (Å²) in [6.45, 7) is 0. The van der Waals surface area contributed by atoms with Crippen molar-refractivity contribution in [2.24, 2.45) is 5.84 Å². The minimum absolute atomic E-state index is 0.00678. The number of rotatable bonds is 2. The molecule has 0 aromatic carbocycles. The number of hydrazine groups is 1. The van der Waals surface area contributed by atoms with Crippen molar-refractivity contribution < 1.29 is 4.79 Å². The van der Waals surface area contributed by atoms with E-state index in [1.807, 2.05) is 5.43 Å². The number of nitrogens with zero attached hydrogens (tertiary/aromatic N) is 2. The summed E-state index contributed by atoms with van der Waals surface area (Å²) >= 11 is 11.1. The Hall–Kier alpha value is -0.910. The molecular weight excluding hydrogens is 215 g/mol. The maximum atomic E-state index is 10.8. The van der Waals surface area contributed by atoms with Crippen molar-refractivity contribution in [3.63, 3.8) is 0 Å².